The van der Waals surface area contributed by atoms with Crippen molar-refractivity contribution in [2.24, 2.45) is 0 Å². The van der Waals surface area contributed by atoms with Crippen LogP contribution < -0.4 is 5.32 Å². The number of nitrogens with one attached hydrogen (secondary N) is 1. The van der Waals surface area contributed by atoms with Crippen LogP contribution in [-0.4, -0.2) is 28.1 Å². The van der Waals surface area contributed by atoms with E-state index in [-0.39, 0.29) is 13.2 Å². The van der Waals surface area contributed by atoms with Crippen LogP contribution in [-0.2, 0) is 11.3 Å². The lowest BCUT2D eigenvalue weighted by Crippen LogP contribution is -2.38. The van der Waals surface area contributed by atoms with Gasteiger partial charge in [0.2, 0.25) is 0 Å². The summed E-state index contributed by atoms with van der Waals surface area (Å²) >= 11 is 0. The summed E-state index contributed by atoms with van der Waals surface area (Å²) in [4.78, 5) is 27.4. The lowest BCUT2D eigenvalue weighted by molar-refractivity contribution is 0.0526. The molecule has 8 heteroatoms. The number of benzene rings is 3. The Bertz CT molecular complexity index is 1430. The number of hydrogen-bond donors (Lipinski definition) is 1. The second kappa shape index (κ2) is 9.65. The number of esters is 1. The Morgan fingerprint density at radius 1 is 0.972 bits per heavy atom. The normalized spacial score (nSPS) is 14.4. The Labute approximate surface area is 206 Å². The highest BCUT2D eigenvalue weighted by atomic mass is 19.1. The molecule has 2 heterocycles. The maximum atomic E-state index is 14.3. The summed E-state index contributed by atoms with van der Waals surface area (Å²) in [5.74, 6) is -1.96. The first-order chi connectivity index (χ1) is 17.4. The van der Waals surface area contributed by atoms with E-state index >= 15 is 0 Å². The molecule has 0 radical (unpaired) electrons. The van der Waals surface area contributed by atoms with Crippen molar-refractivity contribution in [2.45, 2.75) is 19.5 Å². The van der Waals surface area contributed by atoms with Gasteiger partial charge in [-0.2, -0.15) is 0 Å². The number of halogens is 2. The van der Waals surface area contributed by atoms with E-state index in [1.807, 2.05) is 47.2 Å². The highest BCUT2D eigenvalue weighted by Gasteiger charge is 2.33. The fourth-order valence-corrected chi connectivity index (χ4v) is 4.56. The van der Waals surface area contributed by atoms with Crippen LogP contribution in [0.2, 0.25) is 0 Å². The van der Waals surface area contributed by atoms with Crippen LogP contribution in [0.3, 0.4) is 0 Å². The SMILES string of the molecule is CCOC(=O)c1cccc(NC(=O)N2Cc3ccccc3-n3cccc3[C@@H]2c2cc(F)cc(F)c2)c1. The zero-order chi connectivity index (χ0) is 25.2. The van der Waals surface area contributed by atoms with Crippen molar-refractivity contribution in [2.75, 3.05) is 11.9 Å². The molecule has 1 aliphatic heterocycles. The van der Waals surface area contributed by atoms with Crippen molar-refractivity contribution in [1.29, 1.82) is 0 Å². The molecule has 182 valence electrons. The van der Waals surface area contributed by atoms with Gasteiger partial charge < -0.3 is 19.5 Å². The van der Waals surface area contributed by atoms with Gasteiger partial charge in [0.05, 0.1) is 30.4 Å². The summed E-state index contributed by atoms with van der Waals surface area (Å²) in [7, 11) is 0. The number of ether oxygens (including phenoxy) is 1. The van der Waals surface area contributed by atoms with Gasteiger partial charge in [-0.05, 0) is 66.6 Å². The molecule has 0 aliphatic carbocycles. The first-order valence-electron chi connectivity index (χ1n) is 11.5. The molecule has 3 aromatic carbocycles. The van der Waals surface area contributed by atoms with Crippen molar-refractivity contribution in [3.8, 4) is 5.69 Å². The Hall–Kier alpha value is -4.46. The number of urea groups is 1. The molecule has 36 heavy (non-hydrogen) atoms. The Morgan fingerprint density at radius 2 is 1.75 bits per heavy atom. The maximum Gasteiger partial charge on any atom is 0.338 e. The first kappa shape index (κ1) is 23.3. The monoisotopic (exact) mass is 487 g/mol. The minimum Gasteiger partial charge on any atom is -0.462 e. The number of para-hydroxylation sites is 1. The number of carbonyl (C=O) groups excluding carboxylic acids is 2. The third-order valence-electron chi connectivity index (χ3n) is 6.05. The average molecular weight is 488 g/mol. The van der Waals surface area contributed by atoms with Crippen molar-refractivity contribution >= 4 is 17.7 Å². The highest BCUT2D eigenvalue weighted by Crippen LogP contribution is 2.37. The zero-order valence-electron chi connectivity index (χ0n) is 19.4. The number of fused-ring (bicyclic) bond motifs is 3. The second-order valence-electron chi connectivity index (χ2n) is 8.40. The van der Waals surface area contributed by atoms with E-state index in [1.165, 1.54) is 23.1 Å². The van der Waals surface area contributed by atoms with Gasteiger partial charge in [-0.15, -0.1) is 0 Å². The van der Waals surface area contributed by atoms with E-state index < -0.39 is 29.7 Å². The number of nitrogens with zero attached hydrogens (tertiary/aromatic N) is 2. The summed E-state index contributed by atoms with van der Waals surface area (Å²) in [6.45, 7) is 2.13. The van der Waals surface area contributed by atoms with Crippen molar-refractivity contribution in [3.05, 3.63) is 119 Å². The number of anilines is 1. The third kappa shape index (κ3) is 4.45. The van der Waals surface area contributed by atoms with Crippen LogP contribution in [0.25, 0.3) is 5.69 Å². The topological polar surface area (TPSA) is 63.6 Å². The minimum absolute atomic E-state index is 0.185. The molecular formula is C28H23F2N3O3. The molecule has 0 unspecified atom stereocenters. The van der Waals surface area contributed by atoms with E-state index in [9.17, 15) is 18.4 Å². The van der Waals surface area contributed by atoms with Crippen LogP contribution in [0.4, 0.5) is 19.3 Å². The summed E-state index contributed by atoms with van der Waals surface area (Å²) < 4.78 is 35.6. The van der Waals surface area contributed by atoms with Crippen LogP contribution in [0.5, 0.6) is 0 Å². The number of amides is 2. The molecule has 6 nitrogen and oxygen atoms in total. The van der Waals surface area contributed by atoms with E-state index in [0.29, 0.717) is 22.5 Å². The van der Waals surface area contributed by atoms with E-state index in [1.54, 1.807) is 25.1 Å². The molecular weight excluding hydrogens is 464 g/mol. The molecule has 1 atom stereocenters. The fourth-order valence-electron chi connectivity index (χ4n) is 4.56. The predicted octanol–water partition coefficient (Wildman–Crippen LogP) is 6.07. The number of hydrogen-bond acceptors (Lipinski definition) is 3. The molecule has 0 bridgehead atoms. The van der Waals surface area contributed by atoms with Gasteiger partial charge in [0.15, 0.2) is 0 Å². The first-order valence-corrected chi connectivity index (χ1v) is 11.5. The minimum atomic E-state index is -0.786. The van der Waals surface area contributed by atoms with Gasteiger partial charge in [0.1, 0.15) is 11.6 Å². The van der Waals surface area contributed by atoms with Gasteiger partial charge in [-0.25, -0.2) is 18.4 Å². The molecule has 4 aromatic rings. The van der Waals surface area contributed by atoms with Crippen LogP contribution in [0.15, 0.2) is 85.1 Å². The second-order valence-corrected chi connectivity index (χ2v) is 8.40. The molecule has 1 N–H and O–H groups in total. The Balaban J connectivity index is 1.58. The maximum absolute atomic E-state index is 14.3. The fraction of sp³-hybridized carbons (Fsp3) is 0.143. The van der Waals surface area contributed by atoms with Gasteiger partial charge in [0, 0.05) is 23.6 Å². The lowest BCUT2D eigenvalue weighted by Gasteiger charge is -2.31. The van der Waals surface area contributed by atoms with Gasteiger partial charge in [0.25, 0.3) is 0 Å². The van der Waals surface area contributed by atoms with Gasteiger partial charge in [-0.1, -0.05) is 24.3 Å². The lowest BCUT2D eigenvalue weighted by atomic mass is 10.0. The standard InChI is InChI=1S/C28H23F2N3O3/c1-2-36-27(34)18-8-5-9-23(15-18)31-28(35)33-17-19-7-3-4-10-24(19)32-12-6-11-25(32)26(33)20-13-21(29)16-22(30)14-20/h3-16,26H,2,17H2,1H3,(H,31,35)/t26-/m0/s1. The zero-order valence-corrected chi connectivity index (χ0v) is 19.4. The quantitative estimate of drug-likeness (QED) is 0.356. The molecule has 2 amide bonds. The molecule has 0 spiro atoms. The van der Waals surface area contributed by atoms with Crippen molar-refractivity contribution < 1.29 is 23.1 Å². The summed E-state index contributed by atoms with van der Waals surface area (Å²) in [6, 6.07) is 19.7. The van der Waals surface area contributed by atoms with Crippen molar-refractivity contribution in [1.82, 2.24) is 9.47 Å². The summed E-state index contributed by atoms with van der Waals surface area (Å²) in [5, 5.41) is 2.84. The Morgan fingerprint density at radius 3 is 2.53 bits per heavy atom. The van der Waals surface area contributed by atoms with Gasteiger partial charge in [-0.3, -0.25) is 0 Å². The van der Waals surface area contributed by atoms with E-state index in [2.05, 4.69) is 5.32 Å². The number of rotatable bonds is 4. The van der Waals surface area contributed by atoms with Crippen molar-refractivity contribution in [3.63, 3.8) is 0 Å². The summed E-state index contributed by atoms with van der Waals surface area (Å²) in [6.07, 6.45) is 1.86. The number of aromatic nitrogens is 1. The molecule has 1 aromatic heterocycles. The predicted molar refractivity (Wildman–Crippen MR) is 131 cm³/mol. The van der Waals surface area contributed by atoms with Crippen LogP contribution >= 0.6 is 0 Å². The van der Waals surface area contributed by atoms with E-state index in [4.69, 9.17) is 4.74 Å². The van der Waals surface area contributed by atoms with Crippen LogP contribution in [0, 0.1) is 11.6 Å². The number of carbonyl (C=O) groups is 2. The third-order valence-corrected chi connectivity index (χ3v) is 6.05. The smallest absolute Gasteiger partial charge is 0.338 e. The molecule has 0 saturated carbocycles. The van der Waals surface area contributed by atoms with E-state index in [0.717, 1.165) is 17.3 Å². The Kier molecular flexibility index (Phi) is 6.25. The molecule has 0 saturated heterocycles. The van der Waals surface area contributed by atoms with Crippen LogP contribution in [0.1, 0.15) is 40.1 Å². The largest absolute Gasteiger partial charge is 0.462 e. The summed E-state index contributed by atoms with van der Waals surface area (Å²) in [5.41, 5.74) is 3.41. The molecule has 1 aliphatic rings. The average Bonchev–Trinajstić information content (AvgIpc) is 3.28. The molecule has 5 rings (SSSR count). The molecule has 0 fully saturated rings. The highest BCUT2D eigenvalue weighted by molar-refractivity contribution is 5.94. The van der Waals surface area contributed by atoms with Gasteiger partial charge >= 0.3 is 12.0 Å².